The first-order valence-corrected chi connectivity index (χ1v) is 5.48. The van der Waals surface area contributed by atoms with Crippen LogP contribution in [0.15, 0.2) is 29.3 Å². The molecule has 0 aliphatic carbocycles. The van der Waals surface area contributed by atoms with E-state index >= 15 is 0 Å². The lowest BCUT2D eigenvalue weighted by Crippen LogP contribution is -2.23. The highest BCUT2D eigenvalue weighted by molar-refractivity contribution is 6.07. The predicted molar refractivity (Wildman–Crippen MR) is 66.4 cm³/mol. The lowest BCUT2D eigenvalue weighted by molar-refractivity contribution is -0.136. The van der Waals surface area contributed by atoms with Crippen LogP contribution in [-0.2, 0) is 19.1 Å². The van der Waals surface area contributed by atoms with Crippen LogP contribution >= 0.6 is 0 Å². The van der Waals surface area contributed by atoms with E-state index < -0.39 is 17.9 Å². The number of benzene rings is 1. The number of anilines is 1. The Morgan fingerprint density at radius 3 is 2.68 bits per heavy atom. The van der Waals surface area contributed by atoms with Gasteiger partial charge in [-0.3, -0.25) is 9.59 Å². The number of ether oxygens (including phenoxy) is 1. The first-order chi connectivity index (χ1) is 9.10. The third-order valence-electron chi connectivity index (χ3n) is 2.49. The summed E-state index contributed by atoms with van der Waals surface area (Å²) in [6.07, 6.45) is 0.387. The molecule has 0 fully saturated rings. The molecule has 0 saturated carbocycles. The van der Waals surface area contributed by atoms with Gasteiger partial charge >= 0.3 is 5.97 Å². The van der Waals surface area contributed by atoms with E-state index in [0.29, 0.717) is 17.7 Å². The Bertz CT molecular complexity index is 551. The Kier molecular flexibility index (Phi) is 3.56. The van der Waals surface area contributed by atoms with Crippen molar-refractivity contribution in [3.8, 4) is 0 Å². The second-order valence-corrected chi connectivity index (χ2v) is 3.88. The van der Waals surface area contributed by atoms with Crippen molar-refractivity contribution in [2.45, 2.75) is 12.5 Å². The number of rotatable bonds is 5. The molecule has 3 N–H and O–H groups in total. The maximum atomic E-state index is 11.5. The van der Waals surface area contributed by atoms with Gasteiger partial charge in [0.1, 0.15) is 0 Å². The number of primary amides is 1. The number of cyclic esters (lactones) is 1. The first kappa shape index (κ1) is 12.7. The third-order valence-corrected chi connectivity index (χ3v) is 2.49. The van der Waals surface area contributed by atoms with Gasteiger partial charge in [-0.1, -0.05) is 0 Å². The van der Waals surface area contributed by atoms with Crippen LogP contribution in [0.5, 0.6) is 0 Å². The van der Waals surface area contributed by atoms with E-state index in [9.17, 15) is 14.4 Å². The Balaban J connectivity index is 2.15. The largest absolute Gasteiger partial charge is 0.406 e. The summed E-state index contributed by atoms with van der Waals surface area (Å²) < 4.78 is 4.97. The van der Waals surface area contributed by atoms with Gasteiger partial charge in [0.15, 0.2) is 6.04 Å². The minimum absolute atomic E-state index is 0.147. The first-order valence-electron chi connectivity index (χ1n) is 5.48. The molecule has 98 valence electrons. The fourth-order valence-corrected chi connectivity index (χ4v) is 1.61. The molecular weight excluding hydrogens is 250 g/mol. The predicted octanol–water partition coefficient (Wildman–Crippen LogP) is -0.198. The fourth-order valence-electron chi connectivity index (χ4n) is 1.61. The second-order valence-electron chi connectivity index (χ2n) is 3.88. The van der Waals surface area contributed by atoms with Crippen molar-refractivity contribution in [1.82, 2.24) is 0 Å². The molecule has 19 heavy (non-hydrogen) atoms. The van der Waals surface area contributed by atoms with Gasteiger partial charge < -0.3 is 15.8 Å². The smallest absolute Gasteiger partial charge is 0.338 e. The molecule has 1 atom stereocenters. The van der Waals surface area contributed by atoms with E-state index in [0.717, 1.165) is 0 Å². The zero-order valence-electron chi connectivity index (χ0n) is 9.83. The number of aliphatic imine (C=N–C) groups is 1. The van der Waals surface area contributed by atoms with E-state index in [1.54, 1.807) is 24.3 Å². The quantitative estimate of drug-likeness (QED) is 0.564. The average molecular weight is 261 g/mol. The van der Waals surface area contributed by atoms with Crippen LogP contribution in [0.25, 0.3) is 0 Å². The average Bonchev–Trinajstić information content (AvgIpc) is 2.71. The van der Waals surface area contributed by atoms with Crippen molar-refractivity contribution in [2.24, 2.45) is 10.7 Å². The maximum Gasteiger partial charge on any atom is 0.338 e. The summed E-state index contributed by atoms with van der Waals surface area (Å²) in [6.45, 7) is 0. The zero-order chi connectivity index (χ0) is 13.8. The summed E-state index contributed by atoms with van der Waals surface area (Å²) in [6, 6.07) is 5.69. The van der Waals surface area contributed by atoms with Gasteiger partial charge in [0.2, 0.25) is 18.2 Å². The molecule has 2 amide bonds. The molecule has 1 aliphatic heterocycles. The number of carbonyl (C=O) groups excluding carboxylic acids is 3. The summed E-state index contributed by atoms with van der Waals surface area (Å²) in [7, 11) is 0. The van der Waals surface area contributed by atoms with Gasteiger partial charge in [0.05, 0.1) is 6.42 Å². The van der Waals surface area contributed by atoms with Crippen LogP contribution in [0, 0.1) is 0 Å². The zero-order valence-corrected chi connectivity index (χ0v) is 9.83. The summed E-state index contributed by atoms with van der Waals surface area (Å²) in [4.78, 5) is 36.5. The van der Waals surface area contributed by atoms with Crippen molar-refractivity contribution in [2.75, 3.05) is 5.32 Å². The molecule has 7 heteroatoms. The van der Waals surface area contributed by atoms with E-state index in [1.807, 2.05) is 0 Å². The van der Waals surface area contributed by atoms with Gasteiger partial charge in [-0.2, -0.15) is 0 Å². The minimum atomic E-state index is -0.875. The van der Waals surface area contributed by atoms with Gasteiger partial charge in [0, 0.05) is 11.3 Å². The molecule has 7 nitrogen and oxygen atoms in total. The molecule has 0 bridgehead atoms. The van der Waals surface area contributed by atoms with Gasteiger partial charge in [-0.15, -0.1) is 0 Å². The van der Waals surface area contributed by atoms with Crippen LogP contribution in [0.3, 0.4) is 0 Å². The van der Waals surface area contributed by atoms with Crippen LogP contribution in [0.4, 0.5) is 5.69 Å². The Hall–Kier alpha value is -2.70. The molecule has 1 heterocycles. The number of esters is 1. The number of hydrogen-bond donors (Lipinski definition) is 2. The molecule has 1 unspecified atom stereocenters. The normalized spacial score (nSPS) is 17.6. The van der Waals surface area contributed by atoms with Crippen LogP contribution < -0.4 is 11.1 Å². The van der Waals surface area contributed by atoms with E-state index in [1.165, 1.54) is 0 Å². The lowest BCUT2D eigenvalue weighted by Gasteiger charge is -2.01. The van der Waals surface area contributed by atoms with Gasteiger partial charge in [-0.25, -0.2) is 9.79 Å². The maximum absolute atomic E-state index is 11.5. The third kappa shape index (κ3) is 2.95. The number of amides is 2. The second kappa shape index (κ2) is 5.30. The minimum Gasteiger partial charge on any atom is -0.406 e. The molecule has 1 aromatic carbocycles. The van der Waals surface area contributed by atoms with Crippen LogP contribution in [0.2, 0.25) is 0 Å². The van der Waals surface area contributed by atoms with E-state index in [4.69, 9.17) is 10.5 Å². The monoisotopic (exact) mass is 261 g/mol. The molecule has 0 spiro atoms. The number of carbonyl (C=O) groups is 3. The summed E-state index contributed by atoms with van der Waals surface area (Å²) in [5.41, 5.74) is 6.20. The molecule has 2 rings (SSSR count). The van der Waals surface area contributed by atoms with E-state index in [2.05, 4.69) is 10.3 Å². The molecular formula is C12H11N3O4. The van der Waals surface area contributed by atoms with Gasteiger partial charge in [-0.05, 0) is 24.3 Å². The van der Waals surface area contributed by atoms with Crippen molar-refractivity contribution < 1.29 is 19.1 Å². The topological polar surface area (TPSA) is 111 Å². The fraction of sp³-hybridized carbons (Fsp3) is 0.167. The SMILES string of the molecule is NC(=O)CC1N=C(c2ccc(NC=O)cc2)OC1=O. The van der Waals surface area contributed by atoms with Crippen molar-refractivity contribution >= 4 is 29.9 Å². The molecule has 1 aromatic rings. The highest BCUT2D eigenvalue weighted by atomic mass is 16.6. The highest BCUT2D eigenvalue weighted by Gasteiger charge is 2.30. The molecule has 0 saturated heterocycles. The number of hydrogen-bond acceptors (Lipinski definition) is 5. The van der Waals surface area contributed by atoms with Crippen molar-refractivity contribution in [3.63, 3.8) is 0 Å². The van der Waals surface area contributed by atoms with Crippen molar-refractivity contribution in [1.29, 1.82) is 0 Å². The molecule has 0 aromatic heterocycles. The Labute approximate surface area is 108 Å². The molecule has 0 radical (unpaired) electrons. The Morgan fingerprint density at radius 1 is 1.42 bits per heavy atom. The number of nitrogens with zero attached hydrogens (tertiary/aromatic N) is 1. The van der Waals surface area contributed by atoms with Crippen molar-refractivity contribution in [3.05, 3.63) is 29.8 Å². The number of nitrogens with two attached hydrogens (primary N) is 1. The van der Waals surface area contributed by atoms with Gasteiger partial charge in [0.25, 0.3) is 0 Å². The van der Waals surface area contributed by atoms with Crippen LogP contribution in [0.1, 0.15) is 12.0 Å². The number of nitrogens with one attached hydrogen (secondary N) is 1. The summed E-state index contributed by atoms with van der Waals surface area (Å²) >= 11 is 0. The molecule has 1 aliphatic rings. The van der Waals surface area contributed by atoms with E-state index in [-0.39, 0.29) is 12.3 Å². The highest BCUT2D eigenvalue weighted by Crippen LogP contribution is 2.17. The lowest BCUT2D eigenvalue weighted by atomic mass is 10.2. The standard InChI is InChI=1S/C12H11N3O4/c13-10(17)5-9-12(18)19-11(15-9)7-1-3-8(4-2-7)14-6-16/h1-4,6,9H,5H2,(H2,13,17)(H,14,16). The summed E-state index contributed by atoms with van der Waals surface area (Å²) in [5, 5.41) is 2.48. The summed E-state index contributed by atoms with van der Waals surface area (Å²) in [5.74, 6) is -1.06. The van der Waals surface area contributed by atoms with Crippen LogP contribution in [-0.4, -0.2) is 30.2 Å². The Morgan fingerprint density at radius 2 is 2.11 bits per heavy atom.